The molecular formula is C21H28N4O5. The number of carbonyl (C=O) groups is 4. The first-order valence-corrected chi connectivity index (χ1v) is 9.81. The molecule has 0 saturated heterocycles. The summed E-state index contributed by atoms with van der Waals surface area (Å²) in [7, 11) is 0. The molecule has 1 aromatic carbocycles. The van der Waals surface area contributed by atoms with E-state index < -0.39 is 35.9 Å². The van der Waals surface area contributed by atoms with Crippen molar-refractivity contribution in [2.75, 3.05) is 0 Å². The van der Waals surface area contributed by atoms with Crippen molar-refractivity contribution in [2.24, 2.45) is 11.7 Å². The summed E-state index contributed by atoms with van der Waals surface area (Å²) in [6.45, 7) is 3.53. The summed E-state index contributed by atoms with van der Waals surface area (Å²) in [5.74, 6) is -2.42. The van der Waals surface area contributed by atoms with Crippen molar-refractivity contribution >= 4 is 35.0 Å². The van der Waals surface area contributed by atoms with Crippen LogP contribution in [0.1, 0.15) is 32.3 Å². The van der Waals surface area contributed by atoms with Gasteiger partial charge in [0, 0.05) is 29.9 Å². The Morgan fingerprint density at radius 2 is 1.87 bits per heavy atom. The number of aliphatic carboxylic acids is 1. The summed E-state index contributed by atoms with van der Waals surface area (Å²) in [5.41, 5.74) is 7.59. The summed E-state index contributed by atoms with van der Waals surface area (Å²) in [5, 5.41) is 15.0. The number of hydrogen-bond donors (Lipinski definition) is 5. The molecule has 0 spiro atoms. The van der Waals surface area contributed by atoms with Gasteiger partial charge in [0.2, 0.25) is 11.8 Å². The molecule has 0 fully saturated rings. The highest BCUT2D eigenvalue weighted by atomic mass is 16.4. The number of rotatable bonds is 11. The van der Waals surface area contributed by atoms with E-state index in [-0.39, 0.29) is 25.2 Å². The second-order valence-corrected chi connectivity index (χ2v) is 7.58. The fraction of sp³-hybridized carbons (Fsp3) is 0.429. The summed E-state index contributed by atoms with van der Waals surface area (Å²) < 4.78 is 0. The molecule has 1 heterocycles. The Balaban J connectivity index is 2.09. The lowest BCUT2D eigenvalue weighted by Crippen LogP contribution is -2.54. The fourth-order valence-corrected chi connectivity index (χ4v) is 3.06. The van der Waals surface area contributed by atoms with Crippen LogP contribution in [0.4, 0.5) is 0 Å². The first kappa shape index (κ1) is 23.1. The molecule has 2 rings (SSSR count). The number of aromatic nitrogens is 1. The van der Waals surface area contributed by atoms with Crippen molar-refractivity contribution in [2.45, 2.75) is 51.2 Å². The quantitative estimate of drug-likeness (QED) is 0.340. The Hall–Kier alpha value is -3.20. The Bertz CT molecular complexity index is 908. The molecule has 0 aliphatic rings. The zero-order valence-corrected chi connectivity index (χ0v) is 17.1. The molecule has 9 nitrogen and oxygen atoms in total. The van der Waals surface area contributed by atoms with Crippen molar-refractivity contribution in [3.05, 3.63) is 36.0 Å². The van der Waals surface area contributed by atoms with E-state index in [0.29, 0.717) is 6.29 Å². The minimum Gasteiger partial charge on any atom is -0.481 e. The third-order valence-electron chi connectivity index (χ3n) is 4.91. The summed E-state index contributed by atoms with van der Waals surface area (Å²) in [4.78, 5) is 50.6. The Morgan fingerprint density at radius 1 is 1.17 bits per heavy atom. The smallest absolute Gasteiger partial charge is 0.303 e. The molecule has 0 aliphatic carbocycles. The average Bonchev–Trinajstić information content (AvgIpc) is 3.12. The topological polar surface area (TPSA) is 154 Å². The Morgan fingerprint density at radius 3 is 2.50 bits per heavy atom. The molecule has 0 unspecified atom stereocenters. The maximum Gasteiger partial charge on any atom is 0.303 e. The van der Waals surface area contributed by atoms with Crippen molar-refractivity contribution in [1.82, 2.24) is 15.6 Å². The lowest BCUT2D eigenvalue weighted by molar-refractivity contribution is -0.138. The van der Waals surface area contributed by atoms with Gasteiger partial charge in [-0.05, 0) is 24.0 Å². The van der Waals surface area contributed by atoms with E-state index in [1.807, 2.05) is 24.3 Å². The van der Waals surface area contributed by atoms with Gasteiger partial charge in [0.1, 0.15) is 12.3 Å². The number of benzene rings is 1. The van der Waals surface area contributed by atoms with Crippen molar-refractivity contribution < 1.29 is 24.3 Å². The van der Waals surface area contributed by atoms with Gasteiger partial charge in [-0.1, -0.05) is 32.0 Å². The lowest BCUT2D eigenvalue weighted by Gasteiger charge is -2.23. The first-order valence-electron chi connectivity index (χ1n) is 9.81. The van der Waals surface area contributed by atoms with Crippen LogP contribution in [0.15, 0.2) is 30.5 Å². The number of amides is 2. The van der Waals surface area contributed by atoms with Gasteiger partial charge in [0.05, 0.1) is 12.1 Å². The fourth-order valence-electron chi connectivity index (χ4n) is 3.06. The van der Waals surface area contributed by atoms with Gasteiger partial charge in [0.25, 0.3) is 0 Å². The highest BCUT2D eigenvalue weighted by Gasteiger charge is 2.27. The van der Waals surface area contributed by atoms with Gasteiger partial charge in [-0.15, -0.1) is 0 Å². The number of para-hydroxylation sites is 1. The molecule has 9 heteroatoms. The molecule has 0 aliphatic heterocycles. The van der Waals surface area contributed by atoms with Crippen LogP contribution < -0.4 is 16.4 Å². The minimum absolute atomic E-state index is 0.115. The summed E-state index contributed by atoms with van der Waals surface area (Å²) >= 11 is 0. The molecule has 0 bridgehead atoms. The Kier molecular flexibility index (Phi) is 8.11. The molecule has 2 amide bonds. The predicted molar refractivity (Wildman–Crippen MR) is 112 cm³/mol. The molecule has 0 radical (unpaired) electrons. The van der Waals surface area contributed by atoms with Crippen molar-refractivity contribution in [3.8, 4) is 0 Å². The number of H-pyrrole nitrogens is 1. The normalized spacial score (nSPS) is 14.1. The van der Waals surface area contributed by atoms with E-state index in [2.05, 4.69) is 15.6 Å². The monoisotopic (exact) mass is 416 g/mol. The van der Waals surface area contributed by atoms with Crippen LogP contribution in [0.25, 0.3) is 10.9 Å². The third-order valence-corrected chi connectivity index (χ3v) is 4.91. The second kappa shape index (κ2) is 10.5. The number of hydrogen-bond acceptors (Lipinski definition) is 5. The molecular weight excluding hydrogens is 388 g/mol. The van der Waals surface area contributed by atoms with E-state index in [9.17, 15) is 19.2 Å². The van der Waals surface area contributed by atoms with E-state index in [1.54, 1.807) is 20.0 Å². The van der Waals surface area contributed by atoms with Crippen LogP contribution >= 0.6 is 0 Å². The molecule has 3 atom stereocenters. The number of aromatic amines is 1. The number of fused-ring (bicyclic) bond motifs is 1. The number of carboxylic acids is 1. The predicted octanol–water partition coefficient (Wildman–Crippen LogP) is 0.727. The summed E-state index contributed by atoms with van der Waals surface area (Å²) in [6, 6.07) is 4.81. The third kappa shape index (κ3) is 6.15. The number of nitrogens with two attached hydrogens (primary N) is 1. The largest absolute Gasteiger partial charge is 0.481 e. The zero-order chi connectivity index (χ0) is 22.3. The van der Waals surface area contributed by atoms with Crippen LogP contribution in [0, 0.1) is 5.92 Å². The minimum atomic E-state index is -1.11. The van der Waals surface area contributed by atoms with Crippen LogP contribution in [0.5, 0.6) is 0 Å². The van der Waals surface area contributed by atoms with E-state index in [4.69, 9.17) is 10.8 Å². The maximum atomic E-state index is 12.7. The van der Waals surface area contributed by atoms with E-state index in [1.165, 1.54) is 0 Å². The first-order chi connectivity index (χ1) is 14.2. The number of carboxylic acid groups (broad SMARTS) is 1. The molecule has 6 N–H and O–H groups in total. The molecule has 30 heavy (non-hydrogen) atoms. The second-order valence-electron chi connectivity index (χ2n) is 7.58. The number of carbonyl (C=O) groups excluding carboxylic acids is 3. The highest BCUT2D eigenvalue weighted by molar-refractivity contribution is 5.91. The van der Waals surface area contributed by atoms with Gasteiger partial charge < -0.3 is 31.3 Å². The maximum absolute atomic E-state index is 12.7. The number of nitrogens with one attached hydrogen (secondary N) is 3. The molecule has 1 aromatic heterocycles. The van der Waals surface area contributed by atoms with Crippen LogP contribution in [0.2, 0.25) is 0 Å². The summed E-state index contributed by atoms with van der Waals surface area (Å²) in [6.07, 6.45) is 2.22. The number of aldehydes is 1. The SMILES string of the molecule is CC(C)[C@H](N)C(=O)N[C@@H](CCC(=O)O)C(=O)N[C@H](C=O)Cc1c[nH]c2ccccc12. The van der Waals surface area contributed by atoms with Crippen LogP contribution in [-0.2, 0) is 25.6 Å². The average molecular weight is 416 g/mol. The van der Waals surface area contributed by atoms with E-state index >= 15 is 0 Å². The van der Waals surface area contributed by atoms with Crippen molar-refractivity contribution in [3.63, 3.8) is 0 Å². The standard InChI is InChI=1S/C21H28N4O5/c1-12(2)19(22)21(30)25-17(7-8-18(27)28)20(29)24-14(11-26)9-13-10-23-16-6-4-3-5-15(13)16/h3-6,10-12,14,17,19,23H,7-9,22H2,1-2H3,(H,24,29)(H,25,30)(H,27,28)/t14-,17-,19-/m0/s1. The molecule has 2 aromatic rings. The zero-order valence-electron chi connectivity index (χ0n) is 17.1. The van der Waals surface area contributed by atoms with Gasteiger partial charge in [0.15, 0.2) is 0 Å². The van der Waals surface area contributed by atoms with Crippen LogP contribution in [-0.4, -0.2) is 52.3 Å². The van der Waals surface area contributed by atoms with Gasteiger partial charge >= 0.3 is 5.97 Å². The Labute approximate surface area is 174 Å². The van der Waals surface area contributed by atoms with Crippen LogP contribution in [0.3, 0.4) is 0 Å². The van der Waals surface area contributed by atoms with Gasteiger partial charge in [-0.25, -0.2) is 0 Å². The van der Waals surface area contributed by atoms with Crippen molar-refractivity contribution in [1.29, 1.82) is 0 Å². The van der Waals surface area contributed by atoms with Gasteiger partial charge in [-0.2, -0.15) is 0 Å². The molecule has 0 saturated carbocycles. The lowest BCUT2D eigenvalue weighted by atomic mass is 10.0. The van der Waals surface area contributed by atoms with E-state index in [0.717, 1.165) is 16.5 Å². The molecule has 162 valence electrons. The highest BCUT2D eigenvalue weighted by Crippen LogP contribution is 2.19. The van der Waals surface area contributed by atoms with Gasteiger partial charge in [-0.3, -0.25) is 14.4 Å².